The van der Waals surface area contributed by atoms with Gasteiger partial charge < -0.3 is 9.84 Å². The zero-order valence-corrected chi connectivity index (χ0v) is 11.3. The van der Waals surface area contributed by atoms with Gasteiger partial charge in [0.1, 0.15) is 11.6 Å². The molecule has 0 fully saturated rings. The van der Waals surface area contributed by atoms with Gasteiger partial charge in [0.15, 0.2) is 0 Å². The molecule has 0 radical (unpaired) electrons. The normalized spacial score (nSPS) is 10.2. The lowest BCUT2D eigenvalue weighted by Crippen LogP contribution is -2.07. The molecule has 0 spiro atoms. The van der Waals surface area contributed by atoms with Crippen molar-refractivity contribution in [1.82, 2.24) is 0 Å². The highest BCUT2D eigenvalue weighted by Crippen LogP contribution is 2.27. The van der Waals surface area contributed by atoms with Crippen LogP contribution in [0.1, 0.15) is 12.5 Å². The van der Waals surface area contributed by atoms with E-state index in [0.717, 1.165) is 11.1 Å². The van der Waals surface area contributed by atoms with Gasteiger partial charge >= 0.3 is 11.9 Å². The Labute approximate surface area is 120 Å². The second kappa shape index (κ2) is 6.17. The average Bonchev–Trinajstić information content (AvgIpc) is 2.40. The molecule has 0 aromatic heterocycles. The number of aliphatic carboxylic acids is 1. The molecule has 0 aliphatic heterocycles. The van der Waals surface area contributed by atoms with Gasteiger partial charge in [0, 0.05) is 12.5 Å². The molecule has 5 heteroatoms. The largest absolute Gasteiger partial charge is 0.481 e. The number of ether oxygens (including phenoxy) is 1. The molecule has 0 bridgehead atoms. The van der Waals surface area contributed by atoms with E-state index in [-0.39, 0.29) is 18.0 Å². The molecule has 108 valence electrons. The highest BCUT2D eigenvalue weighted by molar-refractivity contribution is 5.76. The van der Waals surface area contributed by atoms with Crippen LogP contribution in [-0.4, -0.2) is 17.0 Å². The Balaban J connectivity index is 2.42. The van der Waals surface area contributed by atoms with Crippen molar-refractivity contribution < 1.29 is 23.8 Å². The maximum atomic E-state index is 12.9. The first-order chi connectivity index (χ1) is 9.95. The molecule has 1 N–H and O–H groups in total. The summed E-state index contributed by atoms with van der Waals surface area (Å²) in [6, 6.07) is 10.7. The van der Waals surface area contributed by atoms with Crippen molar-refractivity contribution in [2.75, 3.05) is 0 Å². The SMILES string of the molecule is CC(=O)Oc1ccc(-c2ccc(F)cc2)cc1CC(=O)O. The molecular weight excluding hydrogens is 275 g/mol. The van der Waals surface area contributed by atoms with Crippen LogP contribution in [0.2, 0.25) is 0 Å². The number of carboxylic acids is 1. The minimum atomic E-state index is -1.03. The lowest BCUT2D eigenvalue weighted by Gasteiger charge is -2.10. The quantitative estimate of drug-likeness (QED) is 0.693. The van der Waals surface area contributed by atoms with E-state index in [1.807, 2.05) is 0 Å². The lowest BCUT2D eigenvalue weighted by molar-refractivity contribution is -0.136. The molecule has 0 saturated carbocycles. The smallest absolute Gasteiger partial charge is 0.308 e. The minimum absolute atomic E-state index is 0.218. The Kier molecular flexibility index (Phi) is 4.33. The minimum Gasteiger partial charge on any atom is -0.481 e. The Morgan fingerprint density at radius 2 is 1.71 bits per heavy atom. The van der Waals surface area contributed by atoms with Gasteiger partial charge in [0.2, 0.25) is 0 Å². The topological polar surface area (TPSA) is 63.6 Å². The highest BCUT2D eigenvalue weighted by atomic mass is 19.1. The van der Waals surface area contributed by atoms with Crippen molar-refractivity contribution in [2.24, 2.45) is 0 Å². The number of hydrogen-bond acceptors (Lipinski definition) is 3. The first-order valence-corrected chi connectivity index (χ1v) is 6.25. The van der Waals surface area contributed by atoms with E-state index >= 15 is 0 Å². The van der Waals surface area contributed by atoms with E-state index in [0.29, 0.717) is 5.56 Å². The molecule has 4 nitrogen and oxygen atoms in total. The molecule has 0 saturated heterocycles. The summed E-state index contributed by atoms with van der Waals surface area (Å²) in [5, 5.41) is 8.93. The third-order valence-electron chi connectivity index (χ3n) is 2.83. The summed E-state index contributed by atoms with van der Waals surface area (Å²) in [5.74, 6) is -1.67. The second-order valence-electron chi connectivity index (χ2n) is 4.49. The van der Waals surface area contributed by atoms with Crippen LogP contribution in [0.25, 0.3) is 11.1 Å². The maximum absolute atomic E-state index is 12.9. The number of hydrogen-bond donors (Lipinski definition) is 1. The fourth-order valence-corrected chi connectivity index (χ4v) is 1.96. The molecule has 2 aromatic carbocycles. The lowest BCUT2D eigenvalue weighted by atomic mass is 10.0. The summed E-state index contributed by atoms with van der Waals surface area (Å²) >= 11 is 0. The summed E-state index contributed by atoms with van der Waals surface area (Å²) in [6.45, 7) is 1.25. The Bertz CT molecular complexity index is 677. The van der Waals surface area contributed by atoms with Crippen molar-refractivity contribution in [2.45, 2.75) is 13.3 Å². The van der Waals surface area contributed by atoms with Crippen molar-refractivity contribution in [3.05, 3.63) is 53.8 Å². The fraction of sp³-hybridized carbons (Fsp3) is 0.125. The standard InChI is InChI=1S/C16H13FO4/c1-10(18)21-15-7-4-12(8-13(15)9-16(19)20)11-2-5-14(17)6-3-11/h2-8H,9H2,1H3,(H,19,20). The summed E-state index contributed by atoms with van der Waals surface area (Å²) in [4.78, 5) is 21.9. The van der Waals surface area contributed by atoms with Gasteiger partial charge in [-0.3, -0.25) is 9.59 Å². The van der Waals surface area contributed by atoms with Crippen molar-refractivity contribution in [3.8, 4) is 16.9 Å². The van der Waals surface area contributed by atoms with Gasteiger partial charge in [-0.25, -0.2) is 4.39 Å². The number of benzene rings is 2. The van der Waals surface area contributed by atoms with Gasteiger partial charge in [0.05, 0.1) is 6.42 Å². The van der Waals surface area contributed by atoms with Crippen molar-refractivity contribution in [1.29, 1.82) is 0 Å². The number of carbonyl (C=O) groups is 2. The molecule has 0 aliphatic carbocycles. The molecule has 2 rings (SSSR count). The summed E-state index contributed by atoms with van der Waals surface area (Å²) < 4.78 is 17.9. The van der Waals surface area contributed by atoms with E-state index in [1.54, 1.807) is 30.3 Å². The summed E-state index contributed by atoms with van der Waals surface area (Å²) in [6.07, 6.45) is -0.266. The molecule has 0 heterocycles. The van der Waals surface area contributed by atoms with Crippen LogP contribution < -0.4 is 4.74 Å². The predicted octanol–water partition coefficient (Wildman–Crippen LogP) is 3.05. The molecule has 0 unspecified atom stereocenters. The number of halogens is 1. The molecule has 2 aromatic rings. The van der Waals surface area contributed by atoms with Crippen molar-refractivity contribution in [3.63, 3.8) is 0 Å². The Morgan fingerprint density at radius 1 is 1.10 bits per heavy atom. The van der Waals surface area contributed by atoms with Gasteiger partial charge in [0.25, 0.3) is 0 Å². The van der Waals surface area contributed by atoms with E-state index in [9.17, 15) is 14.0 Å². The first-order valence-electron chi connectivity index (χ1n) is 6.25. The number of rotatable bonds is 4. The predicted molar refractivity (Wildman–Crippen MR) is 74.5 cm³/mol. The zero-order chi connectivity index (χ0) is 15.4. The number of carboxylic acid groups (broad SMARTS) is 1. The van der Waals surface area contributed by atoms with Gasteiger partial charge in [-0.15, -0.1) is 0 Å². The van der Waals surface area contributed by atoms with Crippen LogP contribution in [0.5, 0.6) is 5.75 Å². The van der Waals surface area contributed by atoms with Crippen LogP contribution >= 0.6 is 0 Å². The fourth-order valence-electron chi connectivity index (χ4n) is 1.96. The van der Waals surface area contributed by atoms with E-state index < -0.39 is 11.9 Å². The third kappa shape index (κ3) is 3.89. The van der Waals surface area contributed by atoms with Gasteiger partial charge in [-0.05, 0) is 35.4 Å². The van der Waals surface area contributed by atoms with Crippen LogP contribution in [0.15, 0.2) is 42.5 Å². The zero-order valence-electron chi connectivity index (χ0n) is 11.3. The maximum Gasteiger partial charge on any atom is 0.308 e. The molecular formula is C16H13FO4. The van der Waals surface area contributed by atoms with Crippen LogP contribution in [0.4, 0.5) is 4.39 Å². The van der Waals surface area contributed by atoms with Crippen molar-refractivity contribution >= 4 is 11.9 Å². The Morgan fingerprint density at radius 3 is 2.29 bits per heavy atom. The molecule has 21 heavy (non-hydrogen) atoms. The third-order valence-corrected chi connectivity index (χ3v) is 2.83. The summed E-state index contributed by atoms with van der Waals surface area (Å²) in [5.41, 5.74) is 1.86. The number of carbonyl (C=O) groups excluding carboxylic acids is 1. The average molecular weight is 288 g/mol. The van der Waals surface area contributed by atoms with Crippen LogP contribution in [0, 0.1) is 5.82 Å². The highest BCUT2D eigenvalue weighted by Gasteiger charge is 2.12. The molecule has 0 atom stereocenters. The Hall–Kier alpha value is -2.69. The van der Waals surface area contributed by atoms with Crippen LogP contribution in [0.3, 0.4) is 0 Å². The van der Waals surface area contributed by atoms with E-state index in [1.165, 1.54) is 19.1 Å². The van der Waals surface area contributed by atoms with Gasteiger partial charge in [-0.1, -0.05) is 18.2 Å². The van der Waals surface area contributed by atoms with Gasteiger partial charge in [-0.2, -0.15) is 0 Å². The summed E-state index contributed by atoms with van der Waals surface area (Å²) in [7, 11) is 0. The van der Waals surface area contributed by atoms with E-state index in [2.05, 4.69) is 0 Å². The molecule has 0 amide bonds. The van der Waals surface area contributed by atoms with E-state index in [4.69, 9.17) is 9.84 Å². The monoisotopic (exact) mass is 288 g/mol. The molecule has 0 aliphatic rings. The van der Waals surface area contributed by atoms with Crippen LogP contribution in [-0.2, 0) is 16.0 Å². The number of esters is 1. The second-order valence-corrected chi connectivity index (χ2v) is 4.49. The first kappa shape index (κ1) is 14.7.